The third-order valence-electron chi connectivity index (χ3n) is 4.98. The van der Waals surface area contributed by atoms with Crippen molar-refractivity contribution >= 4 is 28.5 Å². The van der Waals surface area contributed by atoms with E-state index in [0.717, 1.165) is 5.56 Å². The maximum atomic E-state index is 12.5. The van der Waals surface area contributed by atoms with E-state index in [1.165, 1.54) is 15.7 Å². The Balaban J connectivity index is 1.48. The molecule has 3 rings (SSSR count). The number of nitrogens with one attached hydrogen (secondary N) is 1. The van der Waals surface area contributed by atoms with Gasteiger partial charge < -0.3 is 15.1 Å². The lowest BCUT2D eigenvalue weighted by atomic mass is 10.0. The third kappa shape index (κ3) is 4.88. The normalized spacial score (nSPS) is 14.4. The zero-order chi connectivity index (χ0) is 20.1. The number of nitrogens with zero attached hydrogens (tertiary/aromatic N) is 2. The first-order valence-corrected chi connectivity index (χ1v) is 9.79. The molecular formula is C22H27N3O3. The van der Waals surface area contributed by atoms with Gasteiger partial charge in [0.2, 0.25) is 5.91 Å². The molecule has 1 heterocycles. The number of carbonyl (C=O) groups is 3. The molecule has 6 heteroatoms. The number of hydrogen-bond acceptors (Lipinski definition) is 3. The van der Waals surface area contributed by atoms with Crippen molar-refractivity contribution in [3.63, 3.8) is 0 Å². The summed E-state index contributed by atoms with van der Waals surface area (Å²) in [6.07, 6.45) is 1.14. The van der Waals surface area contributed by atoms with Gasteiger partial charge in [0, 0.05) is 38.6 Å². The van der Waals surface area contributed by atoms with Crippen LogP contribution in [0.4, 0.5) is 0 Å². The molecule has 2 aromatic rings. The van der Waals surface area contributed by atoms with Crippen molar-refractivity contribution in [1.29, 1.82) is 0 Å². The van der Waals surface area contributed by atoms with Gasteiger partial charge in [0.25, 0.3) is 0 Å². The fourth-order valence-corrected chi connectivity index (χ4v) is 3.43. The summed E-state index contributed by atoms with van der Waals surface area (Å²) in [7, 11) is 0. The number of aryl methyl sites for hydroxylation is 1. The summed E-state index contributed by atoms with van der Waals surface area (Å²) < 4.78 is 0. The summed E-state index contributed by atoms with van der Waals surface area (Å²) >= 11 is 0. The zero-order valence-corrected chi connectivity index (χ0v) is 16.5. The smallest absolute Gasteiger partial charge is 0.312 e. The van der Waals surface area contributed by atoms with Crippen molar-refractivity contribution in [3.05, 3.63) is 48.0 Å². The highest BCUT2D eigenvalue weighted by molar-refractivity contribution is 6.35. The molecule has 2 aromatic carbocycles. The molecule has 1 saturated heterocycles. The molecule has 28 heavy (non-hydrogen) atoms. The SMILES string of the molecule is CC(C)NC(=O)C(=O)N1CCN(C(=O)CCc2ccc3ccccc3c2)CC1. The van der Waals surface area contributed by atoms with Crippen LogP contribution in [0.1, 0.15) is 25.8 Å². The zero-order valence-electron chi connectivity index (χ0n) is 16.5. The molecule has 0 saturated carbocycles. The van der Waals surface area contributed by atoms with Gasteiger partial charge in [-0.1, -0.05) is 42.5 Å². The van der Waals surface area contributed by atoms with Gasteiger partial charge >= 0.3 is 11.8 Å². The number of carbonyl (C=O) groups excluding carboxylic acids is 3. The second-order valence-corrected chi connectivity index (χ2v) is 7.48. The van der Waals surface area contributed by atoms with E-state index >= 15 is 0 Å². The van der Waals surface area contributed by atoms with Crippen molar-refractivity contribution in [3.8, 4) is 0 Å². The number of piperazine rings is 1. The summed E-state index contributed by atoms with van der Waals surface area (Å²) in [5, 5.41) is 4.99. The molecule has 6 nitrogen and oxygen atoms in total. The van der Waals surface area contributed by atoms with Gasteiger partial charge in [-0.15, -0.1) is 0 Å². The number of rotatable bonds is 4. The molecule has 0 unspecified atom stereocenters. The fraction of sp³-hybridized carbons (Fsp3) is 0.409. The number of amides is 3. The van der Waals surface area contributed by atoms with Crippen molar-refractivity contribution in [1.82, 2.24) is 15.1 Å². The molecule has 0 atom stereocenters. The second kappa shape index (κ2) is 8.87. The Bertz CT molecular complexity index is 870. The van der Waals surface area contributed by atoms with Crippen LogP contribution in [0, 0.1) is 0 Å². The average molecular weight is 381 g/mol. The Morgan fingerprint density at radius 1 is 0.929 bits per heavy atom. The number of hydrogen-bond donors (Lipinski definition) is 1. The summed E-state index contributed by atoms with van der Waals surface area (Å²) in [6.45, 7) is 5.36. The molecule has 0 aromatic heterocycles. The van der Waals surface area contributed by atoms with Gasteiger partial charge in [0.1, 0.15) is 0 Å². The molecule has 1 aliphatic heterocycles. The van der Waals surface area contributed by atoms with Gasteiger partial charge in [-0.2, -0.15) is 0 Å². The maximum absolute atomic E-state index is 12.5. The van der Waals surface area contributed by atoms with Crippen molar-refractivity contribution in [2.24, 2.45) is 0 Å². The molecule has 1 fully saturated rings. The number of benzene rings is 2. The average Bonchev–Trinajstić information content (AvgIpc) is 2.71. The molecule has 3 amide bonds. The Kier molecular flexibility index (Phi) is 6.29. The van der Waals surface area contributed by atoms with Crippen molar-refractivity contribution in [2.45, 2.75) is 32.7 Å². The van der Waals surface area contributed by atoms with E-state index in [1.54, 1.807) is 4.90 Å². The van der Waals surface area contributed by atoms with Crippen LogP contribution < -0.4 is 5.32 Å². The van der Waals surface area contributed by atoms with Gasteiger partial charge in [-0.25, -0.2) is 0 Å². The van der Waals surface area contributed by atoms with E-state index < -0.39 is 11.8 Å². The van der Waals surface area contributed by atoms with Gasteiger partial charge in [0.15, 0.2) is 0 Å². The topological polar surface area (TPSA) is 69.7 Å². The van der Waals surface area contributed by atoms with E-state index in [9.17, 15) is 14.4 Å². The Morgan fingerprint density at radius 3 is 2.25 bits per heavy atom. The van der Waals surface area contributed by atoms with E-state index in [4.69, 9.17) is 0 Å². The molecule has 1 aliphatic rings. The van der Waals surface area contributed by atoms with Crippen LogP contribution in [0.3, 0.4) is 0 Å². The first kappa shape index (κ1) is 19.9. The van der Waals surface area contributed by atoms with Gasteiger partial charge in [-0.05, 0) is 36.6 Å². The molecular weight excluding hydrogens is 354 g/mol. The van der Waals surface area contributed by atoms with Crippen LogP contribution in [0.25, 0.3) is 10.8 Å². The summed E-state index contributed by atoms with van der Waals surface area (Å²) in [4.78, 5) is 39.8. The Hall–Kier alpha value is -2.89. The predicted octanol–water partition coefficient (Wildman–Crippen LogP) is 1.97. The van der Waals surface area contributed by atoms with Gasteiger partial charge in [-0.3, -0.25) is 14.4 Å². The van der Waals surface area contributed by atoms with Crippen LogP contribution in [-0.2, 0) is 20.8 Å². The van der Waals surface area contributed by atoms with Crippen molar-refractivity contribution in [2.75, 3.05) is 26.2 Å². The Morgan fingerprint density at radius 2 is 1.57 bits per heavy atom. The van der Waals surface area contributed by atoms with Crippen LogP contribution in [0.5, 0.6) is 0 Å². The van der Waals surface area contributed by atoms with Gasteiger partial charge in [0.05, 0.1) is 0 Å². The van der Waals surface area contributed by atoms with E-state index in [2.05, 4.69) is 35.6 Å². The van der Waals surface area contributed by atoms with Crippen LogP contribution in [0.15, 0.2) is 42.5 Å². The predicted molar refractivity (Wildman–Crippen MR) is 109 cm³/mol. The summed E-state index contributed by atoms with van der Waals surface area (Å²) in [5.41, 5.74) is 1.14. The highest BCUT2D eigenvalue weighted by atomic mass is 16.2. The molecule has 0 aliphatic carbocycles. The van der Waals surface area contributed by atoms with E-state index in [1.807, 2.05) is 26.0 Å². The lowest BCUT2D eigenvalue weighted by Crippen LogP contribution is -2.54. The summed E-state index contributed by atoms with van der Waals surface area (Å²) in [6, 6.07) is 14.4. The lowest BCUT2D eigenvalue weighted by Gasteiger charge is -2.34. The molecule has 0 bridgehead atoms. The molecule has 1 N–H and O–H groups in total. The van der Waals surface area contributed by atoms with Crippen LogP contribution >= 0.6 is 0 Å². The maximum Gasteiger partial charge on any atom is 0.312 e. The molecule has 0 spiro atoms. The third-order valence-corrected chi connectivity index (χ3v) is 4.98. The Labute approximate surface area is 165 Å². The second-order valence-electron chi connectivity index (χ2n) is 7.48. The van der Waals surface area contributed by atoms with E-state index in [-0.39, 0.29) is 11.9 Å². The molecule has 148 valence electrons. The minimum absolute atomic E-state index is 0.0746. The van der Waals surface area contributed by atoms with Crippen molar-refractivity contribution < 1.29 is 14.4 Å². The minimum Gasteiger partial charge on any atom is -0.346 e. The largest absolute Gasteiger partial charge is 0.346 e. The first-order valence-electron chi connectivity index (χ1n) is 9.79. The van der Waals surface area contributed by atoms with E-state index in [0.29, 0.717) is 39.0 Å². The fourth-order valence-electron chi connectivity index (χ4n) is 3.43. The lowest BCUT2D eigenvalue weighted by molar-refractivity contribution is -0.148. The highest BCUT2D eigenvalue weighted by Gasteiger charge is 2.27. The molecule has 0 radical (unpaired) electrons. The standard InChI is InChI=1S/C22H27N3O3/c1-16(2)23-21(27)22(28)25-13-11-24(12-14-25)20(26)10-8-17-7-9-18-5-3-4-6-19(18)15-17/h3-7,9,15-16H,8,10-14H2,1-2H3,(H,23,27). The highest BCUT2D eigenvalue weighted by Crippen LogP contribution is 2.17. The van der Waals surface area contributed by atoms with Crippen LogP contribution in [0.2, 0.25) is 0 Å². The van der Waals surface area contributed by atoms with Crippen LogP contribution in [-0.4, -0.2) is 59.7 Å². The number of fused-ring (bicyclic) bond motifs is 1. The monoisotopic (exact) mass is 381 g/mol. The first-order chi connectivity index (χ1) is 13.4. The summed E-state index contributed by atoms with van der Waals surface area (Å²) in [5.74, 6) is -1.00. The minimum atomic E-state index is -0.578. The quantitative estimate of drug-likeness (QED) is 0.824.